The van der Waals surface area contributed by atoms with Crippen LogP contribution in [0.25, 0.3) is 10.9 Å². The van der Waals surface area contributed by atoms with Gasteiger partial charge in [0.25, 0.3) is 0 Å². The topological polar surface area (TPSA) is 180 Å². The largest absolute Gasteiger partial charge is 0.490 e. The van der Waals surface area contributed by atoms with Crippen molar-refractivity contribution in [2.24, 2.45) is 0 Å². The zero-order chi connectivity index (χ0) is 32.8. The van der Waals surface area contributed by atoms with Crippen molar-refractivity contribution < 1.29 is 64.0 Å². The van der Waals surface area contributed by atoms with E-state index >= 15 is 0 Å². The number of hydrogen-bond donors (Lipinski definition) is 4. The number of hydrogen-bond acceptors (Lipinski definition) is 10. The molecule has 1 aliphatic heterocycles. The highest BCUT2D eigenvalue weighted by Gasteiger charge is 2.38. The Hall–Kier alpha value is -4.59. The molecule has 0 unspecified atom stereocenters. The van der Waals surface area contributed by atoms with Gasteiger partial charge in [0.05, 0.1) is 21.8 Å². The summed E-state index contributed by atoms with van der Waals surface area (Å²) in [4.78, 5) is 28.5. The summed E-state index contributed by atoms with van der Waals surface area (Å²) in [7, 11) is 1.56. The van der Waals surface area contributed by atoms with Gasteiger partial charge >= 0.3 is 24.3 Å². The number of benzene rings is 2. The number of fused-ring (bicyclic) bond motifs is 2. The molecule has 0 saturated heterocycles. The van der Waals surface area contributed by atoms with Gasteiger partial charge in [-0.15, -0.1) is 0 Å². The minimum atomic E-state index is -5.08. The van der Waals surface area contributed by atoms with Crippen molar-refractivity contribution in [3.63, 3.8) is 0 Å². The molecule has 236 valence electrons. The van der Waals surface area contributed by atoms with Crippen molar-refractivity contribution in [3.05, 3.63) is 36.7 Å². The highest BCUT2D eigenvalue weighted by Crippen LogP contribution is 2.37. The van der Waals surface area contributed by atoms with Gasteiger partial charge in [-0.05, 0) is 31.3 Å². The minimum Gasteiger partial charge on any atom is -0.486 e. The number of nitrogens with one attached hydrogen (secondary N) is 2. The maximum atomic E-state index is 12.3. The van der Waals surface area contributed by atoms with Crippen LogP contribution in [0.15, 0.2) is 41.6 Å². The summed E-state index contributed by atoms with van der Waals surface area (Å²) in [5.74, 6) is -3.71. The van der Waals surface area contributed by atoms with E-state index in [-0.39, 0.29) is 4.90 Å². The Kier molecular flexibility index (Phi) is 10.9. The van der Waals surface area contributed by atoms with Crippen LogP contribution in [0.1, 0.15) is 0 Å². The monoisotopic (exact) mass is 643 g/mol. The Morgan fingerprint density at radius 1 is 0.907 bits per heavy atom. The zero-order valence-electron chi connectivity index (χ0n) is 22.2. The van der Waals surface area contributed by atoms with Crippen LogP contribution in [0.3, 0.4) is 0 Å². The lowest BCUT2D eigenvalue weighted by Crippen LogP contribution is -2.21. The van der Waals surface area contributed by atoms with Gasteiger partial charge in [0, 0.05) is 25.5 Å². The lowest BCUT2D eigenvalue weighted by Gasteiger charge is -2.21. The Bertz CT molecular complexity index is 1560. The molecule has 0 aliphatic carbocycles. The minimum absolute atomic E-state index is 0.153. The lowest BCUT2D eigenvalue weighted by atomic mass is 10.2. The maximum absolute atomic E-state index is 12.3. The van der Waals surface area contributed by atoms with E-state index in [1.807, 2.05) is 31.1 Å². The van der Waals surface area contributed by atoms with Crippen LogP contribution in [0, 0.1) is 0 Å². The molecular formula is C23H23F6N5O8S. The van der Waals surface area contributed by atoms with Gasteiger partial charge in [-0.2, -0.15) is 26.3 Å². The van der Waals surface area contributed by atoms with Crippen LogP contribution in [0.4, 0.5) is 43.5 Å². The number of alkyl halides is 6. The van der Waals surface area contributed by atoms with Crippen molar-refractivity contribution in [1.29, 1.82) is 0 Å². The summed E-state index contributed by atoms with van der Waals surface area (Å²) in [6.07, 6.45) is -8.72. The summed E-state index contributed by atoms with van der Waals surface area (Å²) in [6, 6.07) is 8.52. The van der Waals surface area contributed by atoms with Crippen molar-refractivity contribution in [2.75, 3.05) is 44.6 Å². The Morgan fingerprint density at radius 3 is 1.88 bits per heavy atom. The van der Waals surface area contributed by atoms with E-state index in [0.717, 1.165) is 11.1 Å². The molecule has 0 radical (unpaired) electrons. The number of rotatable bonds is 5. The molecule has 0 amide bonds. The van der Waals surface area contributed by atoms with Crippen molar-refractivity contribution in [2.45, 2.75) is 17.2 Å². The Balaban J connectivity index is 0.000000384. The standard InChI is InChI=1S/C19H21N5O4S.2C2HF3O2/c1-20-29(25,26)12-4-5-16(24(2)3)15(8-12)23-19-13-9-17-18(28-7-6-27-17)10-14(13)21-11-22-19;2*3-2(4,5)1(6)7/h4-5,8-11,20H,6-7H2,1-3H3,(H,21,22,23);2*(H,6,7). The van der Waals surface area contributed by atoms with Gasteiger partial charge in [0.1, 0.15) is 25.4 Å². The molecule has 2 aromatic carbocycles. The van der Waals surface area contributed by atoms with Crippen molar-refractivity contribution >= 4 is 50.1 Å². The maximum Gasteiger partial charge on any atom is 0.490 e. The number of anilines is 3. The highest BCUT2D eigenvalue weighted by molar-refractivity contribution is 7.89. The molecule has 4 N–H and O–H groups in total. The van der Waals surface area contributed by atoms with Crippen LogP contribution in [-0.2, 0) is 19.6 Å². The molecule has 0 atom stereocenters. The number of halogens is 6. The molecule has 13 nitrogen and oxygen atoms in total. The molecule has 1 aliphatic rings. The third-order valence-electron chi connectivity index (χ3n) is 5.07. The van der Waals surface area contributed by atoms with E-state index in [1.165, 1.54) is 13.4 Å². The molecule has 3 aromatic rings. The van der Waals surface area contributed by atoms with Gasteiger partial charge in [0.15, 0.2) is 11.5 Å². The molecule has 4 rings (SSSR count). The van der Waals surface area contributed by atoms with Gasteiger partial charge in [-0.1, -0.05) is 0 Å². The predicted octanol–water partition coefficient (Wildman–Crippen LogP) is 3.39. The summed E-state index contributed by atoms with van der Waals surface area (Å²) in [5, 5.41) is 18.2. The third kappa shape index (κ3) is 9.46. The fourth-order valence-electron chi connectivity index (χ4n) is 3.11. The number of aromatic nitrogens is 2. The predicted molar refractivity (Wildman–Crippen MR) is 138 cm³/mol. The highest BCUT2D eigenvalue weighted by atomic mass is 32.2. The first-order valence-electron chi connectivity index (χ1n) is 11.4. The normalized spacial score (nSPS) is 12.7. The SMILES string of the molecule is CNS(=O)(=O)c1ccc(N(C)C)c(Nc2ncnc3cc4c(cc23)OCCO4)c1.O=C(O)C(F)(F)F.O=C(O)C(F)(F)F. The first-order valence-corrected chi connectivity index (χ1v) is 12.9. The molecule has 1 aromatic heterocycles. The van der Waals surface area contributed by atoms with E-state index in [4.69, 9.17) is 29.3 Å². The summed E-state index contributed by atoms with van der Waals surface area (Å²) >= 11 is 0. The van der Waals surface area contributed by atoms with Crippen LogP contribution in [-0.4, -0.2) is 87.2 Å². The van der Waals surface area contributed by atoms with Crippen LogP contribution >= 0.6 is 0 Å². The average molecular weight is 644 g/mol. The Labute approximate surface area is 239 Å². The smallest absolute Gasteiger partial charge is 0.486 e. The molecular weight excluding hydrogens is 620 g/mol. The molecule has 0 saturated carbocycles. The number of sulfonamides is 1. The molecule has 0 fully saturated rings. The van der Waals surface area contributed by atoms with E-state index in [1.54, 1.807) is 18.2 Å². The second-order valence-corrected chi connectivity index (χ2v) is 10.1. The molecule has 0 bridgehead atoms. The van der Waals surface area contributed by atoms with E-state index < -0.39 is 34.3 Å². The summed E-state index contributed by atoms with van der Waals surface area (Å²) < 4.78 is 102. The van der Waals surface area contributed by atoms with E-state index in [2.05, 4.69) is 20.0 Å². The van der Waals surface area contributed by atoms with Gasteiger partial charge in [-0.3, -0.25) is 0 Å². The van der Waals surface area contributed by atoms with E-state index in [9.17, 15) is 34.8 Å². The van der Waals surface area contributed by atoms with Crippen LogP contribution in [0.2, 0.25) is 0 Å². The van der Waals surface area contributed by atoms with Gasteiger partial charge in [-0.25, -0.2) is 32.7 Å². The summed E-state index contributed by atoms with van der Waals surface area (Å²) in [5.41, 5.74) is 2.10. The number of nitrogens with zero attached hydrogens (tertiary/aromatic N) is 3. The quantitative estimate of drug-likeness (QED) is 0.298. The Morgan fingerprint density at radius 2 is 1.42 bits per heavy atom. The number of carboxylic acids is 2. The molecule has 0 spiro atoms. The summed E-state index contributed by atoms with van der Waals surface area (Å²) in [6.45, 7) is 0.970. The van der Waals surface area contributed by atoms with Crippen LogP contribution < -0.4 is 24.4 Å². The van der Waals surface area contributed by atoms with E-state index in [0.29, 0.717) is 41.7 Å². The lowest BCUT2D eigenvalue weighted by molar-refractivity contribution is -0.193. The first kappa shape index (κ1) is 34.6. The fraction of sp³-hybridized carbons (Fsp3) is 0.304. The first-order chi connectivity index (χ1) is 19.8. The molecule has 2 heterocycles. The van der Waals surface area contributed by atoms with Gasteiger partial charge < -0.3 is 29.9 Å². The number of carbonyl (C=O) groups is 2. The molecule has 43 heavy (non-hydrogen) atoms. The van der Waals surface area contributed by atoms with Crippen molar-refractivity contribution in [1.82, 2.24) is 14.7 Å². The molecule has 20 heteroatoms. The zero-order valence-corrected chi connectivity index (χ0v) is 23.1. The number of carboxylic acid groups (broad SMARTS) is 2. The number of aliphatic carboxylic acids is 2. The second kappa shape index (κ2) is 13.6. The third-order valence-corrected chi connectivity index (χ3v) is 6.48. The van der Waals surface area contributed by atoms with Crippen LogP contribution in [0.5, 0.6) is 11.5 Å². The van der Waals surface area contributed by atoms with Crippen molar-refractivity contribution in [3.8, 4) is 11.5 Å². The average Bonchev–Trinajstić information content (AvgIpc) is 2.91. The second-order valence-electron chi connectivity index (χ2n) is 8.25. The number of ether oxygens (including phenoxy) is 2. The fourth-order valence-corrected chi connectivity index (χ4v) is 3.87. The van der Waals surface area contributed by atoms with Gasteiger partial charge in [0.2, 0.25) is 10.0 Å².